The van der Waals surface area contributed by atoms with E-state index < -0.39 is 0 Å². The van der Waals surface area contributed by atoms with E-state index in [2.05, 4.69) is 173 Å². The highest BCUT2D eigenvalue weighted by Gasteiger charge is 2.16. The van der Waals surface area contributed by atoms with Crippen LogP contribution in [0.4, 0.5) is 0 Å². The Labute approximate surface area is 246 Å². The highest BCUT2D eigenvalue weighted by molar-refractivity contribution is 5.98. The second kappa shape index (κ2) is 10.2. The number of rotatable bonds is 5. The molecule has 2 heterocycles. The van der Waals surface area contributed by atoms with Crippen LogP contribution in [0.5, 0.6) is 0 Å². The summed E-state index contributed by atoms with van der Waals surface area (Å²) < 4.78 is 4.71. The summed E-state index contributed by atoms with van der Waals surface area (Å²) in [6.07, 6.45) is 14.5. The van der Waals surface area contributed by atoms with Gasteiger partial charge in [-0.05, 0) is 52.9 Å². The van der Waals surface area contributed by atoms with Crippen molar-refractivity contribution in [1.29, 1.82) is 0 Å². The summed E-state index contributed by atoms with van der Waals surface area (Å²) in [6, 6.07) is 46.3. The highest BCUT2D eigenvalue weighted by atomic mass is 15.0. The van der Waals surface area contributed by atoms with E-state index in [4.69, 9.17) is 0 Å². The van der Waals surface area contributed by atoms with E-state index >= 15 is 0 Å². The van der Waals surface area contributed by atoms with Gasteiger partial charge in [0, 0.05) is 45.5 Å². The molecule has 1 atom stereocenters. The predicted molar refractivity (Wildman–Crippen MR) is 177 cm³/mol. The molecule has 0 N–H and O–H groups in total. The van der Waals surface area contributed by atoms with Crippen LogP contribution in [-0.2, 0) is 0 Å². The Balaban J connectivity index is 1.11. The van der Waals surface area contributed by atoms with Crippen molar-refractivity contribution in [3.63, 3.8) is 0 Å². The van der Waals surface area contributed by atoms with E-state index in [1.165, 1.54) is 60.9 Å². The predicted octanol–water partition coefficient (Wildman–Crippen LogP) is 10.6. The van der Waals surface area contributed by atoms with Gasteiger partial charge in [-0.2, -0.15) is 0 Å². The van der Waals surface area contributed by atoms with Crippen molar-refractivity contribution in [2.45, 2.75) is 12.5 Å². The molecule has 1 unspecified atom stereocenters. The van der Waals surface area contributed by atoms with Gasteiger partial charge in [0.25, 0.3) is 0 Å². The quantitative estimate of drug-likeness (QED) is 0.206. The number of fused-ring (bicyclic) bond motifs is 2. The molecule has 7 aromatic rings. The van der Waals surface area contributed by atoms with Crippen molar-refractivity contribution in [2.24, 2.45) is 0 Å². The number of hydrogen-bond acceptors (Lipinski definition) is 0. The van der Waals surface area contributed by atoms with Crippen LogP contribution in [0.25, 0.3) is 60.9 Å². The van der Waals surface area contributed by atoms with Gasteiger partial charge in [0.15, 0.2) is 0 Å². The number of hydrogen-bond donors (Lipinski definition) is 0. The molecule has 200 valence electrons. The largest absolute Gasteiger partial charge is 0.340 e. The molecule has 0 fully saturated rings. The van der Waals surface area contributed by atoms with Crippen LogP contribution in [0.3, 0.4) is 0 Å². The molecule has 8 rings (SSSR count). The summed E-state index contributed by atoms with van der Waals surface area (Å²) in [5, 5.41) is 2.56. The molecule has 0 aliphatic heterocycles. The Bertz CT molecular complexity index is 2090. The lowest BCUT2D eigenvalue weighted by Crippen LogP contribution is -2.05. The lowest BCUT2D eigenvalue weighted by Gasteiger charge is -2.16. The van der Waals surface area contributed by atoms with Crippen LogP contribution in [0, 0.1) is 0 Å². The molecule has 1 aliphatic carbocycles. The number of nitrogens with zero attached hydrogens (tertiary/aromatic N) is 2. The summed E-state index contributed by atoms with van der Waals surface area (Å²) in [5.74, 6) is 0. The molecule has 0 radical (unpaired) electrons. The van der Waals surface area contributed by atoms with Gasteiger partial charge in [0.2, 0.25) is 0 Å². The van der Waals surface area contributed by atoms with Crippen molar-refractivity contribution < 1.29 is 0 Å². The monoisotopic (exact) mass is 538 g/mol. The Morgan fingerprint density at radius 2 is 1.02 bits per heavy atom. The van der Waals surface area contributed by atoms with Crippen LogP contribution in [0.2, 0.25) is 0 Å². The standard InChI is InChI=1S/C40H30N2/c1-3-11-33(12-4-1)41-27-37(35-15-7-9-17-39(35)41)31-23-19-29(20-24-31)30-21-25-32(26-22-30)38-28-42(34-13-5-2-6-14-34)40-18-10-8-16-36(38)40/h1-13,15-28,34H,14H2. The highest BCUT2D eigenvalue weighted by Crippen LogP contribution is 2.37. The van der Waals surface area contributed by atoms with Gasteiger partial charge in [-0.3, -0.25) is 0 Å². The smallest absolute Gasteiger partial charge is 0.0554 e. The molecular weight excluding hydrogens is 508 g/mol. The van der Waals surface area contributed by atoms with E-state index in [1.54, 1.807) is 0 Å². The molecule has 0 saturated heterocycles. The first kappa shape index (κ1) is 24.5. The van der Waals surface area contributed by atoms with Gasteiger partial charge in [-0.15, -0.1) is 0 Å². The molecule has 0 bridgehead atoms. The van der Waals surface area contributed by atoms with Crippen molar-refractivity contribution in [1.82, 2.24) is 9.13 Å². The topological polar surface area (TPSA) is 9.86 Å². The molecule has 0 saturated carbocycles. The molecule has 0 amide bonds. The summed E-state index contributed by atoms with van der Waals surface area (Å²) in [4.78, 5) is 0. The van der Waals surface area contributed by atoms with Crippen molar-refractivity contribution in [3.8, 4) is 39.1 Å². The molecule has 2 aromatic heterocycles. The Morgan fingerprint density at radius 1 is 0.476 bits per heavy atom. The van der Waals surface area contributed by atoms with Gasteiger partial charge in [0.05, 0.1) is 11.6 Å². The zero-order chi connectivity index (χ0) is 27.9. The fraction of sp³-hybridized carbons (Fsp3) is 0.0500. The summed E-state index contributed by atoms with van der Waals surface area (Å²) >= 11 is 0. The number of benzene rings is 5. The van der Waals surface area contributed by atoms with Crippen LogP contribution < -0.4 is 0 Å². The first-order chi connectivity index (χ1) is 20.8. The van der Waals surface area contributed by atoms with Crippen molar-refractivity contribution >= 4 is 21.8 Å². The Hall–Kier alpha value is -5.34. The van der Waals surface area contributed by atoms with Crippen LogP contribution in [0.15, 0.2) is 164 Å². The number of allylic oxidation sites excluding steroid dienone is 4. The first-order valence-corrected chi connectivity index (χ1v) is 14.6. The number of aromatic nitrogens is 2. The Morgan fingerprint density at radius 3 is 1.67 bits per heavy atom. The molecule has 2 nitrogen and oxygen atoms in total. The zero-order valence-electron chi connectivity index (χ0n) is 23.3. The molecule has 42 heavy (non-hydrogen) atoms. The maximum atomic E-state index is 2.42. The maximum absolute atomic E-state index is 2.42. The third-order valence-corrected chi connectivity index (χ3v) is 8.53. The molecular formula is C40H30N2. The summed E-state index contributed by atoms with van der Waals surface area (Å²) in [7, 11) is 0. The van der Waals surface area contributed by atoms with Gasteiger partial charge >= 0.3 is 0 Å². The fourth-order valence-electron chi connectivity index (χ4n) is 6.38. The SMILES string of the molecule is C1=CCC(n2cc(-c3ccc(-c4ccc(-c5cn(-c6ccccc6)c6ccccc56)cc4)cc3)c3ccccc32)C=C1. The van der Waals surface area contributed by atoms with Gasteiger partial charge in [-0.1, -0.05) is 127 Å². The third kappa shape index (κ3) is 4.20. The first-order valence-electron chi connectivity index (χ1n) is 14.6. The minimum Gasteiger partial charge on any atom is -0.340 e. The van der Waals surface area contributed by atoms with E-state index in [9.17, 15) is 0 Å². The van der Waals surface area contributed by atoms with Crippen molar-refractivity contribution in [2.75, 3.05) is 0 Å². The zero-order valence-corrected chi connectivity index (χ0v) is 23.3. The normalized spacial score (nSPS) is 14.6. The van der Waals surface area contributed by atoms with Crippen molar-refractivity contribution in [3.05, 3.63) is 164 Å². The van der Waals surface area contributed by atoms with E-state index in [0.29, 0.717) is 6.04 Å². The Kier molecular flexibility index (Phi) is 5.97. The molecule has 0 spiro atoms. The lowest BCUT2D eigenvalue weighted by atomic mass is 9.98. The third-order valence-electron chi connectivity index (χ3n) is 8.53. The van der Waals surface area contributed by atoms with Gasteiger partial charge in [0.1, 0.15) is 0 Å². The maximum Gasteiger partial charge on any atom is 0.0554 e. The van der Waals surface area contributed by atoms with Crippen LogP contribution in [0.1, 0.15) is 12.5 Å². The molecule has 5 aromatic carbocycles. The summed E-state index contributed by atoms with van der Waals surface area (Å²) in [6.45, 7) is 0. The summed E-state index contributed by atoms with van der Waals surface area (Å²) in [5.41, 5.74) is 11.1. The number of para-hydroxylation sites is 3. The van der Waals surface area contributed by atoms with E-state index in [1.807, 2.05) is 0 Å². The fourth-order valence-corrected chi connectivity index (χ4v) is 6.38. The average molecular weight is 539 g/mol. The minimum atomic E-state index is 0.355. The lowest BCUT2D eigenvalue weighted by molar-refractivity contribution is 0.630. The average Bonchev–Trinajstić information content (AvgIpc) is 3.66. The van der Waals surface area contributed by atoms with Crippen LogP contribution >= 0.6 is 0 Å². The molecule has 1 aliphatic rings. The van der Waals surface area contributed by atoms with Gasteiger partial charge < -0.3 is 9.13 Å². The van der Waals surface area contributed by atoms with Crippen LogP contribution in [-0.4, -0.2) is 9.13 Å². The second-order valence-electron chi connectivity index (χ2n) is 11.0. The van der Waals surface area contributed by atoms with E-state index in [-0.39, 0.29) is 0 Å². The molecule has 2 heteroatoms. The van der Waals surface area contributed by atoms with E-state index in [0.717, 1.165) is 6.42 Å². The minimum absolute atomic E-state index is 0.355. The van der Waals surface area contributed by atoms with Gasteiger partial charge in [-0.25, -0.2) is 0 Å². The second-order valence-corrected chi connectivity index (χ2v) is 11.0.